The molecule has 0 saturated carbocycles. The lowest BCUT2D eigenvalue weighted by Gasteiger charge is -2.44. The van der Waals surface area contributed by atoms with E-state index in [1.54, 1.807) is 0 Å². The van der Waals surface area contributed by atoms with Crippen LogP contribution in [0.1, 0.15) is 6.42 Å². The normalized spacial score (nSPS) is 34.7. The van der Waals surface area contributed by atoms with Crippen LogP contribution in [0.5, 0.6) is 0 Å². The minimum atomic E-state index is -2.88. The molecule has 10 nitrogen and oxygen atoms in total. The standard InChI is InChI=1S/C11H18FNO9/c12-2-6(17)13-7-4(15)1-11(21,10(19)20)22-9(7)8(18)5(16)3-14/h4-5,7-9,14-16,18,21H,1-3H2,(H,13,17)(H,19,20)/t4-,5+,7+,8+,9+,11?/m0/s1. The van der Waals surface area contributed by atoms with Gasteiger partial charge in [-0.3, -0.25) is 4.79 Å². The van der Waals surface area contributed by atoms with Gasteiger partial charge in [-0.25, -0.2) is 9.18 Å². The second kappa shape index (κ2) is 7.26. The molecule has 0 aromatic heterocycles. The molecule has 1 rings (SSSR count). The van der Waals surface area contributed by atoms with Gasteiger partial charge in [-0.15, -0.1) is 0 Å². The second-order valence-corrected chi connectivity index (χ2v) is 4.91. The number of aliphatic carboxylic acids is 1. The lowest BCUT2D eigenvalue weighted by atomic mass is 9.88. The number of amides is 1. The van der Waals surface area contributed by atoms with Crippen LogP contribution in [0.25, 0.3) is 0 Å². The van der Waals surface area contributed by atoms with Gasteiger partial charge in [0, 0.05) is 6.42 Å². The van der Waals surface area contributed by atoms with E-state index in [0.29, 0.717) is 0 Å². The quantitative estimate of drug-likeness (QED) is 0.257. The number of aliphatic hydroxyl groups is 5. The van der Waals surface area contributed by atoms with Crippen molar-refractivity contribution in [2.75, 3.05) is 13.3 Å². The largest absolute Gasteiger partial charge is 0.477 e. The van der Waals surface area contributed by atoms with E-state index < -0.39 is 67.8 Å². The number of carboxylic acid groups (broad SMARTS) is 1. The molecule has 1 unspecified atom stereocenters. The fourth-order valence-electron chi connectivity index (χ4n) is 2.13. The van der Waals surface area contributed by atoms with Crippen molar-refractivity contribution in [3.8, 4) is 0 Å². The summed E-state index contributed by atoms with van der Waals surface area (Å²) in [5.41, 5.74) is 0. The molecule has 0 radical (unpaired) electrons. The fraction of sp³-hybridized carbons (Fsp3) is 0.818. The molecule has 128 valence electrons. The van der Waals surface area contributed by atoms with Gasteiger partial charge in [0.2, 0.25) is 0 Å². The van der Waals surface area contributed by atoms with Crippen molar-refractivity contribution in [2.24, 2.45) is 0 Å². The number of carboxylic acids is 1. The summed E-state index contributed by atoms with van der Waals surface area (Å²) in [6, 6.07) is -1.50. The predicted molar refractivity (Wildman–Crippen MR) is 65.1 cm³/mol. The molecule has 11 heteroatoms. The van der Waals surface area contributed by atoms with Crippen LogP contribution in [-0.4, -0.2) is 92.0 Å². The van der Waals surface area contributed by atoms with Gasteiger partial charge in [-0.05, 0) is 0 Å². The van der Waals surface area contributed by atoms with Crippen LogP contribution < -0.4 is 5.32 Å². The van der Waals surface area contributed by atoms with Crippen molar-refractivity contribution in [3.05, 3.63) is 0 Å². The summed E-state index contributed by atoms with van der Waals surface area (Å²) in [6.07, 6.45) is -8.15. The second-order valence-electron chi connectivity index (χ2n) is 4.91. The molecule has 0 aliphatic carbocycles. The number of ether oxygens (including phenoxy) is 1. The van der Waals surface area contributed by atoms with E-state index in [-0.39, 0.29) is 0 Å². The van der Waals surface area contributed by atoms with Gasteiger partial charge in [0.05, 0.1) is 18.8 Å². The molecule has 6 atom stereocenters. The topological polar surface area (TPSA) is 177 Å². The Kier molecular flexibility index (Phi) is 6.17. The van der Waals surface area contributed by atoms with E-state index in [1.807, 2.05) is 5.32 Å². The summed E-state index contributed by atoms with van der Waals surface area (Å²) >= 11 is 0. The number of hydrogen-bond donors (Lipinski definition) is 7. The minimum absolute atomic E-state index is 0.863. The highest BCUT2D eigenvalue weighted by molar-refractivity contribution is 5.78. The molecule has 0 spiro atoms. The summed E-state index contributed by atoms with van der Waals surface area (Å²) in [4.78, 5) is 22.1. The molecule has 0 aromatic rings. The highest BCUT2D eigenvalue weighted by atomic mass is 19.1. The number of nitrogens with one attached hydrogen (secondary N) is 1. The summed E-state index contributed by atoms with van der Waals surface area (Å²) in [6.45, 7) is -2.38. The summed E-state index contributed by atoms with van der Waals surface area (Å²) in [7, 11) is 0. The minimum Gasteiger partial charge on any atom is -0.477 e. The number of hydrogen-bond acceptors (Lipinski definition) is 8. The number of aliphatic hydroxyl groups excluding tert-OH is 4. The Hall–Kier alpha value is -1.37. The van der Waals surface area contributed by atoms with Crippen molar-refractivity contribution in [1.82, 2.24) is 5.32 Å². The molecule has 1 heterocycles. The van der Waals surface area contributed by atoms with Crippen molar-refractivity contribution in [1.29, 1.82) is 0 Å². The molecule has 0 aromatic carbocycles. The van der Waals surface area contributed by atoms with E-state index in [0.717, 1.165) is 0 Å². The molecule has 7 N–H and O–H groups in total. The molecule has 1 saturated heterocycles. The Morgan fingerprint density at radius 2 is 2.00 bits per heavy atom. The first-order chi connectivity index (χ1) is 10.2. The molecule has 1 fully saturated rings. The van der Waals surface area contributed by atoms with Gasteiger partial charge in [0.1, 0.15) is 18.3 Å². The van der Waals surface area contributed by atoms with Gasteiger partial charge in [0.15, 0.2) is 6.67 Å². The molecule has 1 amide bonds. The Morgan fingerprint density at radius 1 is 1.41 bits per heavy atom. The van der Waals surface area contributed by atoms with E-state index in [4.69, 9.17) is 14.9 Å². The summed E-state index contributed by atoms with van der Waals surface area (Å²) in [5, 5.41) is 58.6. The first-order valence-corrected chi connectivity index (χ1v) is 6.30. The Balaban J connectivity index is 3.07. The van der Waals surface area contributed by atoms with E-state index in [1.165, 1.54) is 0 Å². The highest BCUT2D eigenvalue weighted by Gasteiger charge is 2.53. The van der Waals surface area contributed by atoms with Crippen molar-refractivity contribution in [2.45, 2.75) is 42.7 Å². The van der Waals surface area contributed by atoms with E-state index in [2.05, 4.69) is 0 Å². The molecular weight excluding hydrogens is 309 g/mol. The zero-order valence-electron chi connectivity index (χ0n) is 11.3. The van der Waals surface area contributed by atoms with Crippen LogP contribution in [-0.2, 0) is 14.3 Å². The Bertz CT molecular complexity index is 422. The van der Waals surface area contributed by atoms with Crippen molar-refractivity contribution < 1.29 is 49.4 Å². The zero-order valence-corrected chi connectivity index (χ0v) is 11.3. The van der Waals surface area contributed by atoms with Crippen molar-refractivity contribution >= 4 is 11.9 Å². The molecular formula is C11H18FNO9. The van der Waals surface area contributed by atoms with Crippen LogP contribution in [0.2, 0.25) is 0 Å². The Morgan fingerprint density at radius 3 is 2.45 bits per heavy atom. The fourth-order valence-corrected chi connectivity index (χ4v) is 2.13. The molecule has 22 heavy (non-hydrogen) atoms. The third kappa shape index (κ3) is 3.88. The molecule has 1 aliphatic rings. The lowest BCUT2D eigenvalue weighted by molar-refractivity contribution is -0.295. The number of carbonyl (C=O) groups excluding carboxylic acids is 1. The maximum absolute atomic E-state index is 12.3. The van der Waals surface area contributed by atoms with Crippen LogP contribution in [0.15, 0.2) is 0 Å². The number of alkyl halides is 1. The number of halogens is 1. The molecule has 1 aliphatic heterocycles. The van der Waals surface area contributed by atoms with Gasteiger partial charge >= 0.3 is 5.97 Å². The predicted octanol–water partition coefficient (Wildman–Crippen LogP) is -3.92. The summed E-state index contributed by atoms with van der Waals surface area (Å²) < 4.78 is 17.1. The highest BCUT2D eigenvalue weighted by Crippen LogP contribution is 2.30. The first-order valence-electron chi connectivity index (χ1n) is 6.30. The van der Waals surface area contributed by atoms with Gasteiger partial charge in [-0.2, -0.15) is 0 Å². The maximum Gasteiger partial charge on any atom is 0.364 e. The van der Waals surface area contributed by atoms with E-state index >= 15 is 0 Å². The number of carbonyl (C=O) groups is 2. The SMILES string of the molecule is O=C(CF)N[C@H]1[C@H]([C@H](O)[C@H](O)CO)OC(O)(C(=O)O)C[C@@H]1O. The van der Waals surface area contributed by atoms with Crippen LogP contribution in [0, 0.1) is 0 Å². The first kappa shape index (κ1) is 18.7. The van der Waals surface area contributed by atoms with Crippen molar-refractivity contribution in [3.63, 3.8) is 0 Å². The van der Waals surface area contributed by atoms with Crippen LogP contribution in [0.4, 0.5) is 4.39 Å². The molecule has 0 bridgehead atoms. The van der Waals surface area contributed by atoms with Crippen LogP contribution >= 0.6 is 0 Å². The van der Waals surface area contributed by atoms with E-state index in [9.17, 15) is 34.4 Å². The smallest absolute Gasteiger partial charge is 0.364 e. The third-order valence-electron chi connectivity index (χ3n) is 3.29. The average molecular weight is 327 g/mol. The monoisotopic (exact) mass is 327 g/mol. The maximum atomic E-state index is 12.3. The Labute approximate surface area is 123 Å². The van der Waals surface area contributed by atoms with Crippen LogP contribution in [0.3, 0.4) is 0 Å². The number of rotatable bonds is 6. The average Bonchev–Trinajstić information content (AvgIpc) is 2.47. The van der Waals surface area contributed by atoms with Gasteiger partial charge < -0.3 is 40.7 Å². The summed E-state index contributed by atoms with van der Waals surface area (Å²) in [5.74, 6) is -5.92. The lowest BCUT2D eigenvalue weighted by Crippen LogP contribution is -2.67. The third-order valence-corrected chi connectivity index (χ3v) is 3.29. The van der Waals surface area contributed by atoms with Gasteiger partial charge in [-0.1, -0.05) is 0 Å². The zero-order chi connectivity index (χ0) is 17.1. The van der Waals surface area contributed by atoms with Gasteiger partial charge in [0.25, 0.3) is 11.7 Å².